The topological polar surface area (TPSA) is 26.3 Å². The van der Waals surface area contributed by atoms with Crippen molar-refractivity contribution >= 4 is 14.1 Å². The van der Waals surface area contributed by atoms with Crippen molar-refractivity contribution in [3.8, 4) is 0 Å². The van der Waals surface area contributed by atoms with Crippen LogP contribution >= 0.6 is 0 Å². The molecule has 4 aliphatic rings. The highest BCUT2D eigenvalue weighted by molar-refractivity contribution is 6.73. The van der Waals surface area contributed by atoms with Crippen molar-refractivity contribution in [1.29, 1.82) is 0 Å². The van der Waals surface area contributed by atoms with Gasteiger partial charge in [-0.3, -0.25) is 4.79 Å². The lowest BCUT2D eigenvalue weighted by Crippen LogP contribution is -2.55. The van der Waals surface area contributed by atoms with E-state index >= 15 is 0 Å². The standard InChI is InChI=1S/C31H56O2Si/c1-6-9-20-34(21-10-7-2,22-11-8-3)33-25-16-18-30(4)24(23-25)12-13-26-27-14-15-29(32)31(27,5)19-17-28(26)30/h24-28H,6-23H2,1-5H3/t24?,25?,26-,27-,28-,30-,31-/m0/s1. The van der Waals surface area contributed by atoms with Gasteiger partial charge in [0.1, 0.15) is 5.78 Å². The van der Waals surface area contributed by atoms with E-state index in [0.29, 0.717) is 23.2 Å². The Balaban J connectivity index is 1.45. The van der Waals surface area contributed by atoms with E-state index in [1.807, 2.05) is 0 Å². The molecule has 4 aliphatic carbocycles. The summed E-state index contributed by atoms with van der Waals surface area (Å²) in [6.07, 6.45) is 19.9. The number of unbranched alkanes of at least 4 members (excludes halogenated alkanes) is 3. The van der Waals surface area contributed by atoms with Crippen LogP contribution in [0.1, 0.15) is 131 Å². The molecule has 0 bridgehead atoms. The van der Waals surface area contributed by atoms with E-state index in [1.165, 1.54) is 108 Å². The summed E-state index contributed by atoms with van der Waals surface area (Å²) in [5.41, 5.74) is 0.518. The van der Waals surface area contributed by atoms with Crippen molar-refractivity contribution in [3.05, 3.63) is 0 Å². The second-order valence-electron chi connectivity index (χ2n) is 13.6. The monoisotopic (exact) mass is 488 g/mol. The number of fused-ring (bicyclic) bond motifs is 5. The Morgan fingerprint density at radius 1 is 0.824 bits per heavy atom. The summed E-state index contributed by atoms with van der Waals surface area (Å²) >= 11 is 0. The largest absolute Gasteiger partial charge is 0.414 e. The van der Waals surface area contributed by atoms with E-state index in [4.69, 9.17) is 4.43 Å². The van der Waals surface area contributed by atoms with Gasteiger partial charge < -0.3 is 4.43 Å². The van der Waals surface area contributed by atoms with Gasteiger partial charge in [-0.25, -0.2) is 0 Å². The minimum absolute atomic E-state index is 0.0215. The Morgan fingerprint density at radius 3 is 2.09 bits per heavy atom. The van der Waals surface area contributed by atoms with Crippen LogP contribution in [0.5, 0.6) is 0 Å². The zero-order chi connectivity index (χ0) is 24.4. The summed E-state index contributed by atoms with van der Waals surface area (Å²) in [5.74, 6) is 3.80. The molecule has 4 saturated carbocycles. The van der Waals surface area contributed by atoms with Crippen LogP contribution in [0.25, 0.3) is 0 Å². The first-order valence-electron chi connectivity index (χ1n) is 15.5. The molecule has 0 amide bonds. The molecule has 0 N–H and O–H groups in total. The second kappa shape index (κ2) is 11.1. The Bertz CT molecular complexity index is 669. The molecule has 4 fully saturated rings. The fourth-order valence-corrected chi connectivity index (χ4v) is 14.5. The van der Waals surface area contributed by atoms with Crippen molar-refractivity contribution in [2.45, 2.75) is 155 Å². The molecule has 4 rings (SSSR count). The van der Waals surface area contributed by atoms with Crippen LogP contribution in [-0.4, -0.2) is 20.2 Å². The van der Waals surface area contributed by atoms with E-state index in [1.54, 1.807) is 0 Å². The minimum atomic E-state index is -1.63. The highest BCUT2D eigenvalue weighted by Crippen LogP contribution is 2.65. The van der Waals surface area contributed by atoms with Crippen LogP contribution in [0.15, 0.2) is 0 Å². The Labute approximate surface area is 212 Å². The van der Waals surface area contributed by atoms with Crippen LogP contribution in [0, 0.1) is 34.5 Å². The van der Waals surface area contributed by atoms with Crippen molar-refractivity contribution in [3.63, 3.8) is 0 Å². The third-order valence-electron chi connectivity index (χ3n) is 11.7. The first kappa shape index (κ1) is 26.9. The number of ketones is 1. The fraction of sp³-hybridized carbons (Fsp3) is 0.968. The minimum Gasteiger partial charge on any atom is -0.414 e. The van der Waals surface area contributed by atoms with E-state index in [-0.39, 0.29) is 5.41 Å². The van der Waals surface area contributed by atoms with E-state index in [0.717, 1.165) is 24.2 Å². The average molecular weight is 489 g/mol. The van der Waals surface area contributed by atoms with Gasteiger partial charge in [-0.05, 0) is 98.6 Å². The lowest BCUT2D eigenvalue weighted by molar-refractivity contribution is -0.141. The highest BCUT2D eigenvalue weighted by atomic mass is 28.4. The number of rotatable bonds is 11. The molecule has 0 aromatic heterocycles. The first-order valence-corrected chi connectivity index (χ1v) is 18.1. The molecule has 0 aromatic carbocycles. The van der Waals surface area contributed by atoms with Crippen LogP contribution in [-0.2, 0) is 9.22 Å². The predicted octanol–water partition coefficient (Wildman–Crippen LogP) is 9.33. The normalized spacial score (nSPS) is 40.0. The molecular weight excluding hydrogens is 432 g/mol. The molecule has 0 spiro atoms. The summed E-state index contributed by atoms with van der Waals surface area (Å²) in [6.45, 7) is 12.1. The maximum absolute atomic E-state index is 12.8. The molecule has 196 valence electrons. The van der Waals surface area contributed by atoms with Crippen LogP contribution < -0.4 is 0 Å². The van der Waals surface area contributed by atoms with Gasteiger partial charge in [-0.1, -0.05) is 73.1 Å². The molecule has 2 nitrogen and oxygen atoms in total. The van der Waals surface area contributed by atoms with Gasteiger partial charge in [-0.2, -0.15) is 0 Å². The SMILES string of the molecule is CCCC[Si](CCCC)(CCCC)OC1CC[C@@]2(C)C(CC[C@@H]3[C@@H]2CC[C@]2(C)C(=O)CC[C@@H]32)C1. The third-order valence-corrected chi connectivity index (χ3v) is 16.3. The van der Waals surface area contributed by atoms with Crippen LogP contribution in [0.2, 0.25) is 18.1 Å². The van der Waals surface area contributed by atoms with Gasteiger partial charge in [0.25, 0.3) is 0 Å². The van der Waals surface area contributed by atoms with Crippen molar-refractivity contribution in [2.75, 3.05) is 0 Å². The third kappa shape index (κ3) is 5.00. The molecular formula is C31H56O2Si. The van der Waals surface area contributed by atoms with Gasteiger partial charge in [-0.15, -0.1) is 0 Å². The number of carbonyl (C=O) groups excluding carboxylic acids is 1. The quantitative estimate of drug-likeness (QED) is 0.271. The summed E-state index contributed by atoms with van der Waals surface area (Å²) in [6, 6.07) is 4.21. The molecule has 3 heteroatoms. The van der Waals surface area contributed by atoms with Gasteiger partial charge in [0, 0.05) is 17.9 Å². The Morgan fingerprint density at radius 2 is 1.47 bits per heavy atom. The summed E-state index contributed by atoms with van der Waals surface area (Å²) in [4.78, 5) is 12.8. The fourth-order valence-electron chi connectivity index (χ4n) is 9.50. The van der Waals surface area contributed by atoms with E-state index in [9.17, 15) is 4.79 Å². The zero-order valence-corrected chi connectivity index (χ0v) is 24.4. The van der Waals surface area contributed by atoms with Gasteiger partial charge >= 0.3 is 0 Å². The molecule has 0 radical (unpaired) electrons. The van der Waals surface area contributed by atoms with Gasteiger partial charge in [0.05, 0.1) is 0 Å². The number of hydrogen-bond acceptors (Lipinski definition) is 2. The summed E-state index contributed by atoms with van der Waals surface area (Å²) in [7, 11) is -1.63. The number of hydrogen-bond donors (Lipinski definition) is 0. The Kier molecular flexibility index (Phi) is 8.76. The summed E-state index contributed by atoms with van der Waals surface area (Å²) in [5, 5.41) is 0. The highest BCUT2D eigenvalue weighted by Gasteiger charge is 2.60. The number of carbonyl (C=O) groups is 1. The van der Waals surface area contributed by atoms with Crippen LogP contribution in [0.3, 0.4) is 0 Å². The van der Waals surface area contributed by atoms with Crippen molar-refractivity contribution < 1.29 is 9.22 Å². The lowest BCUT2D eigenvalue weighted by atomic mass is 9.45. The Hall–Kier alpha value is -0.153. The van der Waals surface area contributed by atoms with Gasteiger partial charge in [0.15, 0.2) is 8.32 Å². The zero-order valence-electron chi connectivity index (χ0n) is 23.4. The number of Topliss-reactive ketones (excluding diaryl/α,β-unsaturated/α-hetero) is 1. The lowest BCUT2D eigenvalue weighted by Gasteiger charge is -2.60. The molecule has 0 aromatic rings. The molecule has 2 unspecified atom stereocenters. The van der Waals surface area contributed by atoms with E-state index in [2.05, 4.69) is 34.6 Å². The average Bonchev–Trinajstić information content (AvgIpc) is 3.14. The molecule has 0 saturated heterocycles. The molecule has 0 heterocycles. The molecule has 34 heavy (non-hydrogen) atoms. The van der Waals surface area contributed by atoms with Crippen molar-refractivity contribution in [1.82, 2.24) is 0 Å². The molecule has 0 aliphatic heterocycles. The van der Waals surface area contributed by atoms with Crippen LogP contribution in [0.4, 0.5) is 0 Å². The molecule has 7 atom stereocenters. The first-order chi connectivity index (χ1) is 16.3. The maximum Gasteiger partial charge on any atom is 0.193 e. The van der Waals surface area contributed by atoms with Gasteiger partial charge in [0.2, 0.25) is 0 Å². The van der Waals surface area contributed by atoms with E-state index < -0.39 is 8.32 Å². The smallest absolute Gasteiger partial charge is 0.193 e. The second-order valence-corrected chi connectivity index (χ2v) is 17.7. The summed E-state index contributed by atoms with van der Waals surface area (Å²) < 4.78 is 7.41. The predicted molar refractivity (Wildman–Crippen MR) is 147 cm³/mol. The maximum atomic E-state index is 12.8. The van der Waals surface area contributed by atoms with Crippen molar-refractivity contribution in [2.24, 2.45) is 34.5 Å².